The monoisotopic (exact) mass is 176 g/mol. The van der Waals surface area contributed by atoms with Gasteiger partial charge in [0.1, 0.15) is 5.75 Å². The zero-order valence-electron chi connectivity index (χ0n) is 6.73. The molecule has 4 N–H and O–H groups in total. The molecule has 0 saturated heterocycles. The molecule has 0 unspecified atom stereocenters. The second-order valence-electron chi connectivity index (χ2n) is 2.61. The molecule has 66 valence electrons. The molecule has 1 aromatic heterocycles. The van der Waals surface area contributed by atoms with Crippen molar-refractivity contribution in [2.24, 2.45) is 5.84 Å². The second kappa shape index (κ2) is 2.87. The first-order valence-electron chi connectivity index (χ1n) is 3.72. The summed E-state index contributed by atoms with van der Waals surface area (Å²) >= 11 is 0. The highest BCUT2D eigenvalue weighted by molar-refractivity contribution is 5.91. The predicted octanol–water partition coefficient (Wildman–Crippen LogP) is 0.621. The maximum atomic E-state index is 9.23. The van der Waals surface area contributed by atoms with E-state index < -0.39 is 0 Å². The number of nitrogen functional groups attached to an aromatic ring is 1. The van der Waals surface area contributed by atoms with Gasteiger partial charge in [0.05, 0.1) is 6.20 Å². The molecule has 2 rings (SSSR count). The van der Waals surface area contributed by atoms with Gasteiger partial charge in [0.2, 0.25) is 0 Å². The summed E-state index contributed by atoms with van der Waals surface area (Å²) in [5.74, 6) is 5.86. The number of hydrazine groups is 1. The lowest BCUT2D eigenvalue weighted by Gasteiger charge is -2.02. The number of hydrogen-bond donors (Lipinski definition) is 3. The summed E-state index contributed by atoms with van der Waals surface area (Å²) in [4.78, 5) is 0. The SMILES string of the molecule is NNc1nncc2ccc(O)cc12. The van der Waals surface area contributed by atoms with Crippen molar-refractivity contribution in [1.29, 1.82) is 0 Å². The molecule has 0 amide bonds. The molecule has 1 heterocycles. The number of nitrogens with zero attached hydrogens (tertiary/aromatic N) is 2. The highest BCUT2D eigenvalue weighted by atomic mass is 16.3. The van der Waals surface area contributed by atoms with Gasteiger partial charge in [-0.1, -0.05) is 0 Å². The molecule has 5 nitrogen and oxygen atoms in total. The van der Waals surface area contributed by atoms with Crippen molar-refractivity contribution in [3.63, 3.8) is 0 Å². The number of fused-ring (bicyclic) bond motifs is 1. The molecule has 0 aliphatic rings. The van der Waals surface area contributed by atoms with Gasteiger partial charge in [-0.15, -0.1) is 5.10 Å². The number of anilines is 1. The van der Waals surface area contributed by atoms with Crippen LogP contribution >= 0.6 is 0 Å². The first kappa shape index (κ1) is 7.75. The van der Waals surface area contributed by atoms with Gasteiger partial charge >= 0.3 is 0 Å². The van der Waals surface area contributed by atoms with Crippen molar-refractivity contribution in [1.82, 2.24) is 10.2 Å². The van der Waals surface area contributed by atoms with Gasteiger partial charge in [0.15, 0.2) is 5.82 Å². The molecule has 0 aliphatic carbocycles. The van der Waals surface area contributed by atoms with E-state index >= 15 is 0 Å². The van der Waals surface area contributed by atoms with Crippen LogP contribution in [0.3, 0.4) is 0 Å². The number of phenols is 1. The molecular weight excluding hydrogens is 168 g/mol. The molecule has 0 aliphatic heterocycles. The molecule has 0 saturated carbocycles. The van der Waals surface area contributed by atoms with Crippen molar-refractivity contribution in [2.45, 2.75) is 0 Å². The van der Waals surface area contributed by atoms with Crippen LogP contribution in [0.5, 0.6) is 5.75 Å². The molecule has 0 bridgehead atoms. The molecule has 0 fully saturated rings. The van der Waals surface area contributed by atoms with E-state index in [1.54, 1.807) is 24.4 Å². The Bertz CT molecular complexity index is 443. The summed E-state index contributed by atoms with van der Waals surface area (Å²) in [6.45, 7) is 0. The fraction of sp³-hybridized carbons (Fsp3) is 0. The molecular formula is C8H8N4O. The van der Waals surface area contributed by atoms with Crippen molar-refractivity contribution >= 4 is 16.6 Å². The van der Waals surface area contributed by atoms with E-state index in [-0.39, 0.29) is 5.75 Å². The first-order chi connectivity index (χ1) is 6.31. The lowest BCUT2D eigenvalue weighted by Crippen LogP contribution is -2.09. The van der Waals surface area contributed by atoms with Crippen LogP contribution in [0.4, 0.5) is 5.82 Å². The van der Waals surface area contributed by atoms with Crippen LogP contribution in [-0.4, -0.2) is 15.3 Å². The van der Waals surface area contributed by atoms with E-state index in [0.717, 1.165) is 10.8 Å². The zero-order chi connectivity index (χ0) is 9.26. The Balaban J connectivity index is 2.79. The van der Waals surface area contributed by atoms with E-state index in [0.29, 0.717) is 5.82 Å². The Labute approximate surface area is 74.2 Å². The summed E-state index contributed by atoms with van der Waals surface area (Å²) in [5, 5.41) is 18.4. The first-order valence-corrected chi connectivity index (χ1v) is 3.72. The van der Waals surface area contributed by atoms with Crippen molar-refractivity contribution in [3.8, 4) is 5.75 Å². The minimum absolute atomic E-state index is 0.178. The summed E-state index contributed by atoms with van der Waals surface area (Å²) in [6, 6.07) is 4.92. The fourth-order valence-electron chi connectivity index (χ4n) is 1.17. The fourth-order valence-corrected chi connectivity index (χ4v) is 1.17. The average Bonchev–Trinajstić information content (AvgIpc) is 2.17. The van der Waals surface area contributed by atoms with Crippen molar-refractivity contribution in [3.05, 3.63) is 24.4 Å². The molecule has 5 heteroatoms. The van der Waals surface area contributed by atoms with Crippen molar-refractivity contribution in [2.75, 3.05) is 5.43 Å². The Morgan fingerprint density at radius 2 is 2.23 bits per heavy atom. The van der Waals surface area contributed by atoms with Crippen LogP contribution in [0.15, 0.2) is 24.4 Å². The summed E-state index contributed by atoms with van der Waals surface area (Å²) < 4.78 is 0. The standard InChI is InChI=1S/C8H8N4O/c9-11-8-7-3-6(13)2-1-5(7)4-10-12-8/h1-4,13H,9H2,(H,11,12). The minimum Gasteiger partial charge on any atom is -0.508 e. The summed E-state index contributed by atoms with van der Waals surface area (Å²) in [7, 11) is 0. The molecule has 1 aromatic carbocycles. The number of aromatic nitrogens is 2. The van der Waals surface area contributed by atoms with E-state index in [9.17, 15) is 5.11 Å². The van der Waals surface area contributed by atoms with Crippen molar-refractivity contribution < 1.29 is 5.11 Å². The normalized spacial score (nSPS) is 10.2. The molecule has 0 spiro atoms. The smallest absolute Gasteiger partial charge is 0.170 e. The van der Waals surface area contributed by atoms with Crippen LogP contribution in [0.25, 0.3) is 10.8 Å². The number of aromatic hydroxyl groups is 1. The maximum Gasteiger partial charge on any atom is 0.170 e. The predicted molar refractivity (Wildman–Crippen MR) is 49.0 cm³/mol. The Hall–Kier alpha value is -1.88. The molecule has 0 atom stereocenters. The largest absolute Gasteiger partial charge is 0.508 e. The molecule has 13 heavy (non-hydrogen) atoms. The minimum atomic E-state index is 0.178. The second-order valence-corrected chi connectivity index (χ2v) is 2.61. The Kier molecular flexibility index (Phi) is 1.71. The van der Waals surface area contributed by atoms with Gasteiger partial charge in [-0.3, -0.25) is 0 Å². The number of phenolic OH excluding ortho intramolecular Hbond substituents is 1. The summed E-state index contributed by atoms with van der Waals surface area (Å²) in [6.07, 6.45) is 1.61. The number of rotatable bonds is 1. The average molecular weight is 176 g/mol. The quantitative estimate of drug-likeness (QED) is 0.438. The highest BCUT2D eigenvalue weighted by Crippen LogP contribution is 2.23. The van der Waals surface area contributed by atoms with Gasteiger partial charge in [0.25, 0.3) is 0 Å². The van der Waals surface area contributed by atoms with E-state index in [1.165, 1.54) is 0 Å². The Morgan fingerprint density at radius 1 is 1.38 bits per heavy atom. The van der Waals surface area contributed by atoms with Gasteiger partial charge in [0, 0.05) is 10.8 Å². The van der Waals surface area contributed by atoms with Gasteiger partial charge in [-0.2, -0.15) is 5.10 Å². The van der Waals surface area contributed by atoms with E-state index in [1.807, 2.05) is 0 Å². The van der Waals surface area contributed by atoms with Crippen LogP contribution in [0.2, 0.25) is 0 Å². The number of nitrogens with one attached hydrogen (secondary N) is 1. The topological polar surface area (TPSA) is 84.1 Å². The number of hydrogen-bond acceptors (Lipinski definition) is 5. The maximum absolute atomic E-state index is 9.23. The lowest BCUT2D eigenvalue weighted by atomic mass is 10.2. The lowest BCUT2D eigenvalue weighted by molar-refractivity contribution is 0.476. The third kappa shape index (κ3) is 1.25. The van der Waals surface area contributed by atoms with Gasteiger partial charge in [-0.05, 0) is 18.2 Å². The van der Waals surface area contributed by atoms with E-state index in [4.69, 9.17) is 5.84 Å². The molecule has 2 aromatic rings. The van der Waals surface area contributed by atoms with E-state index in [2.05, 4.69) is 15.6 Å². The Morgan fingerprint density at radius 3 is 3.00 bits per heavy atom. The van der Waals surface area contributed by atoms with Gasteiger partial charge < -0.3 is 10.5 Å². The molecule has 0 radical (unpaired) electrons. The van der Waals surface area contributed by atoms with Crippen LogP contribution in [0, 0.1) is 0 Å². The third-order valence-electron chi connectivity index (χ3n) is 1.78. The third-order valence-corrected chi connectivity index (χ3v) is 1.78. The highest BCUT2D eigenvalue weighted by Gasteiger charge is 2.01. The van der Waals surface area contributed by atoms with Crippen LogP contribution in [-0.2, 0) is 0 Å². The van der Waals surface area contributed by atoms with Gasteiger partial charge in [-0.25, -0.2) is 5.84 Å². The number of benzene rings is 1. The summed E-state index contributed by atoms with van der Waals surface area (Å²) in [5.41, 5.74) is 2.41. The van der Waals surface area contributed by atoms with Crippen LogP contribution < -0.4 is 11.3 Å². The van der Waals surface area contributed by atoms with Crippen LogP contribution in [0.1, 0.15) is 0 Å². The zero-order valence-corrected chi connectivity index (χ0v) is 6.73. The number of nitrogens with two attached hydrogens (primary N) is 1.